The molecule has 0 spiro atoms. The van der Waals surface area contributed by atoms with Crippen molar-refractivity contribution in [2.24, 2.45) is 5.92 Å². The zero-order valence-electron chi connectivity index (χ0n) is 15.2. The molecule has 5 nitrogen and oxygen atoms in total. The number of H-pyrrole nitrogens is 1. The summed E-state index contributed by atoms with van der Waals surface area (Å²) in [5.74, 6) is -0.955. The molecule has 0 aliphatic carbocycles. The Morgan fingerprint density at radius 2 is 1.89 bits per heavy atom. The van der Waals surface area contributed by atoms with E-state index in [2.05, 4.69) is 9.97 Å². The molecule has 1 N–H and O–H groups in total. The second-order valence-electron chi connectivity index (χ2n) is 7.30. The highest BCUT2D eigenvalue weighted by molar-refractivity contribution is 7.88. The Kier molecular flexibility index (Phi) is 5.16. The predicted octanol–water partition coefficient (Wildman–Crippen LogP) is 3.63. The number of para-hydroxylation sites is 2. The molecule has 1 aliphatic rings. The molecule has 2 aromatic carbocycles. The third-order valence-corrected chi connectivity index (χ3v) is 6.88. The Balaban J connectivity index is 1.46. The molecule has 0 saturated carbocycles. The molecule has 1 aromatic heterocycles. The molecule has 3 aromatic rings. The van der Waals surface area contributed by atoms with Crippen molar-refractivity contribution >= 4 is 21.1 Å². The van der Waals surface area contributed by atoms with E-state index < -0.39 is 27.4 Å². The molecule has 28 heavy (non-hydrogen) atoms. The van der Waals surface area contributed by atoms with Gasteiger partial charge in [0.1, 0.15) is 17.5 Å². The molecule has 1 unspecified atom stereocenters. The summed E-state index contributed by atoms with van der Waals surface area (Å²) in [5.41, 5.74) is 1.98. The Morgan fingerprint density at radius 3 is 2.64 bits per heavy atom. The summed E-state index contributed by atoms with van der Waals surface area (Å²) in [4.78, 5) is 7.86. The second kappa shape index (κ2) is 7.60. The topological polar surface area (TPSA) is 66.1 Å². The van der Waals surface area contributed by atoms with Gasteiger partial charge in [-0.2, -0.15) is 0 Å². The second-order valence-corrected chi connectivity index (χ2v) is 9.27. The SMILES string of the molecule is O=S(=O)(Cc1cc(F)cc(F)c1)N1CCCC(Cc2nc3ccccc3[nH]2)C1. The van der Waals surface area contributed by atoms with Gasteiger partial charge in [-0.15, -0.1) is 0 Å². The molecule has 1 saturated heterocycles. The van der Waals surface area contributed by atoms with Gasteiger partial charge in [-0.05, 0) is 48.6 Å². The number of sulfonamides is 1. The van der Waals surface area contributed by atoms with Crippen LogP contribution in [0.3, 0.4) is 0 Å². The van der Waals surface area contributed by atoms with E-state index in [4.69, 9.17) is 0 Å². The highest BCUT2D eigenvalue weighted by atomic mass is 32.2. The number of hydrogen-bond acceptors (Lipinski definition) is 3. The van der Waals surface area contributed by atoms with Crippen LogP contribution in [0.25, 0.3) is 11.0 Å². The van der Waals surface area contributed by atoms with E-state index in [1.54, 1.807) is 0 Å². The molecule has 148 valence electrons. The third-order valence-electron chi connectivity index (χ3n) is 5.07. The van der Waals surface area contributed by atoms with Crippen molar-refractivity contribution in [2.75, 3.05) is 13.1 Å². The van der Waals surface area contributed by atoms with E-state index >= 15 is 0 Å². The molecule has 0 bridgehead atoms. The summed E-state index contributed by atoms with van der Waals surface area (Å²) in [5, 5.41) is 0. The molecule has 1 aliphatic heterocycles. The van der Waals surface area contributed by atoms with Crippen LogP contribution in [0, 0.1) is 17.6 Å². The van der Waals surface area contributed by atoms with Gasteiger partial charge >= 0.3 is 0 Å². The summed E-state index contributed by atoms with van der Waals surface area (Å²) in [6, 6.07) is 10.6. The van der Waals surface area contributed by atoms with Crippen LogP contribution in [0.15, 0.2) is 42.5 Å². The summed E-state index contributed by atoms with van der Waals surface area (Å²) < 4.78 is 53.7. The van der Waals surface area contributed by atoms with Crippen molar-refractivity contribution in [3.63, 3.8) is 0 Å². The number of aromatic nitrogens is 2. The number of aromatic amines is 1. The van der Waals surface area contributed by atoms with E-state index in [0.29, 0.717) is 19.5 Å². The Hall–Kier alpha value is -2.32. The van der Waals surface area contributed by atoms with Crippen LogP contribution in [0.1, 0.15) is 24.2 Å². The largest absolute Gasteiger partial charge is 0.342 e. The molecular formula is C20H21F2N3O2S. The number of nitrogens with zero attached hydrogens (tertiary/aromatic N) is 2. The monoisotopic (exact) mass is 405 g/mol. The number of halogens is 2. The van der Waals surface area contributed by atoms with E-state index in [1.807, 2.05) is 24.3 Å². The van der Waals surface area contributed by atoms with Crippen LogP contribution in [-0.2, 0) is 22.2 Å². The van der Waals surface area contributed by atoms with Crippen LogP contribution in [0.4, 0.5) is 8.78 Å². The maximum Gasteiger partial charge on any atom is 0.218 e. The maximum atomic E-state index is 13.4. The van der Waals surface area contributed by atoms with Crippen molar-refractivity contribution in [1.29, 1.82) is 0 Å². The van der Waals surface area contributed by atoms with Gasteiger partial charge in [0.25, 0.3) is 0 Å². The molecule has 8 heteroatoms. The first-order valence-electron chi connectivity index (χ1n) is 9.25. The fourth-order valence-corrected chi connectivity index (χ4v) is 5.43. The molecule has 4 rings (SSSR count). The van der Waals surface area contributed by atoms with Crippen molar-refractivity contribution < 1.29 is 17.2 Å². The van der Waals surface area contributed by atoms with Gasteiger partial charge in [0.15, 0.2) is 0 Å². The fourth-order valence-electron chi connectivity index (χ4n) is 3.82. The predicted molar refractivity (Wildman–Crippen MR) is 103 cm³/mol. The highest BCUT2D eigenvalue weighted by Gasteiger charge is 2.29. The zero-order valence-corrected chi connectivity index (χ0v) is 16.1. The number of hydrogen-bond donors (Lipinski definition) is 1. The first-order chi connectivity index (χ1) is 13.4. The lowest BCUT2D eigenvalue weighted by atomic mass is 9.96. The summed E-state index contributed by atoms with van der Waals surface area (Å²) in [6.07, 6.45) is 2.33. The standard InChI is InChI=1S/C20H21F2N3O2S/c21-16-8-15(9-17(22)11-16)13-28(26,27)25-7-3-4-14(12-25)10-20-23-18-5-1-2-6-19(18)24-20/h1-2,5-6,8-9,11,14H,3-4,7,10,12-13H2,(H,23,24). The third kappa shape index (κ3) is 4.23. The lowest BCUT2D eigenvalue weighted by Crippen LogP contribution is -2.41. The lowest BCUT2D eigenvalue weighted by Gasteiger charge is -2.31. The molecule has 2 heterocycles. The summed E-state index contributed by atoms with van der Waals surface area (Å²) >= 11 is 0. The van der Waals surface area contributed by atoms with Crippen LogP contribution >= 0.6 is 0 Å². The number of rotatable bonds is 5. The first kappa shape index (κ1) is 19.0. The smallest absolute Gasteiger partial charge is 0.218 e. The molecule has 0 radical (unpaired) electrons. The van der Waals surface area contributed by atoms with Gasteiger partial charge < -0.3 is 4.98 Å². The summed E-state index contributed by atoms with van der Waals surface area (Å²) in [6.45, 7) is 0.813. The number of fused-ring (bicyclic) bond motifs is 1. The average Bonchev–Trinajstić information content (AvgIpc) is 3.03. The van der Waals surface area contributed by atoms with Crippen molar-refractivity contribution in [1.82, 2.24) is 14.3 Å². The lowest BCUT2D eigenvalue weighted by molar-refractivity contribution is 0.263. The number of nitrogens with one attached hydrogen (secondary N) is 1. The normalized spacial score (nSPS) is 18.6. The van der Waals surface area contributed by atoms with Crippen molar-refractivity contribution in [3.05, 3.63) is 65.5 Å². The van der Waals surface area contributed by atoms with Crippen molar-refractivity contribution in [2.45, 2.75) is 25.0 Å². The minimum absolute atomic E-state index is 0.122. The maximum absolute atomic E-state index is 13.4. The minimum atomic E-state index is -3.65. The molecule has 1 fully saturated rings. The van der Waals surface area contributed by atoms with Crippen LogP contribution in [0.5, 0.6) is 0 Å². The first-order valence-corrected chi connectivity index (χ1v) is 10.9. The minimum Gasteiger partial charge on any atom is -0.342 e. The molecular weight excluding hydrogens is 384 g/mol. The number of benzene rings is 2. The van der Waals surface area contributed by atoms with E-state index in [9.17, 15) is 17.2 Å². The fraction of sp³-hybridized carbons (Fsp3) is 0.350. The van der Waals surface area contributed by atoms with E-state index in [-0.39, 0.29) is 11.5 Å². The number of piperidine rings is 1. The van der Waals surface area contributed by atoms with Gasteiger partial charge in [-0.3, -0.25) is 0 Å². The molecule has 1 atom stereocenters. The van der Waals surface area contributed by atoms with Crippen LogP contribution in [-0.4, -0.2) is 35.8 Å². The highest BCUT2D eigenvalue weighted by Crippen LogP contribution is 2.25. The Morgan fingerprint density at radius 1 is 1.14 bits per heavy atom. The zero-order chi connectivity index (χ0) is 19.7. The Bertz CT molecular complexity index is 1040. The molecule has 0 amide bonds. The van der Waals surface area contributed by atoms with Gasteiger partial charge in [-0.1, -0.05) is 12.1 Å². The average molecular weight is 405 g/mol. The van der Waals surface area contributed by atoms with Crippen LogP contribution in [0.2, 0.25) is 0 Å². The van der Waals surface area contributed by atoms with Gasteiger partial charge in [0.2, 0.25) is 10.0 Å². The van der Waals surface area contributed by atoms with E-state index in [1.165, 1.54) is 4.31 Å². The van der Waals surface area contributed by atoms with Gasteiger partial charge in [0, 0.05) is 25.6 Å². The van der Waals surface area contributed by atoms with Crippen LogP contribution < -0.4 is 0 Å². The van der Waals surface area contributed by atoms with Gasteiger partial charge in [-0.25, -0.2) is 26.5 Å². The quantitative estimate of drug-likeness (QED) is 0.705. The van der Waals surface area contributed by atoms with E-state index in [0.717, 1.165) is 47.9 Å². The number of imidazole rings is 1. The Labute approximate surface area is 162 Å². The van der Waals surface area contributed by atoms with Gasteiger partial charge in [0.05, 0.1) is 16.8 Å². The van der Waals surface area contributed by atoms with Crippen molar-refractivity contribution in [3.8, 4) is 0 Å². The summed E-state index contributed by atoms with van der Waals surface area (Å²) in [7, 11) is -3.65.